The van der Waals surface area contributed by atoms with E-state index in [1.807, 2.05) is 12.1 Å². The van der Waals surface area contributed by atoms with E-state index in [4.69, 9.17) is 0 Å². The molecule has 0 radical (unpaired) electrons. The minimum atomic E-state index is -0.498. The van der Waals surface area contributed by atoms with Crippen LogP contribution in [0.25, 0.3) is 0 Å². The second kappa shape index (κ2) is 7.71. The Morgan fingerprint density at radius 2 is 1.80 bits per heavy atom. The molecular weight excluding hydrogens is 322 g/mol. The van der Waals surface area contributed by atoms with Gasteiger partial charge in [-0.2, -0.15) is 0 Å². The molecule has 1 saturated heterocycles. The molecule has 130 valence electrons. The van der Waals surface area contributed by atoms with Crippen LogP contribution in [0.15, 0.2) is 48.8 Å². The van der Waals surface area contributed by atoms with Crippen LogP contribution in [0.4, 0.5) is 16.2 Å². The number of rotatable bonds is 4. The molecule has 0 atom stereocenters. The molecule has 1 fully saturated rings. The zero-order valence-electron chi connectivity index (χ0n) is 13.7. The van der Waals surface area contributed by atoms with E-state index in [1.54, 1.807) is 29.4 Å². The maximum absolute atomic E-state index is 12.4. The summed E-state index contributed by atoms with van der Waals surface area (Å²) in [7, 11) is 0. The van der Waals surface area contributed by atoms with E-state index in [1.165, 1.54) is 17.7 Å². The minimum absolute atomic E-state index is 0.104. The lowest BCUT2D eigenvalue weighted by molar-refractivity contribution is -0.383. The summed E-state index contributed by atoms with van der Waals surface area (Å²) in [6.07, 6.45) is 3.54. The highest BCUT2D eigenvalue weighted by Crippen LogP contribution is 2.23. The average Bonchev–Trinajstić information content (AvgIpc) is 2.63. The van der Waals surface area contributed by atoms with Crippen molar-refractivity contribution in [3.8, 4) is 0 Å². The third-order valence-corrected chi connectivity index (χ3v) is 4.16. The highest BCUT2D eigenvalue weighted by atomic mass is 16.6. The molecule has 0 aliphatic carbocycles. The van der Waals surface area contributed by atoms with Crippen molar-refractivity contribution in [3.05, 3.63) is 64.5 Å². The largest absolute Gasteiger partial charge is 0.322 e. The Labute approximate surface area is 145 Å². The number of piperazine rings is 1. The highest BCUT2D eigenvalue weighted by Gasteiger charge is 2.23. The molecule has 8 heteroatoms. The predicted octanol–water partition coefficient (Wildman–Crippen LogP) is 2.34. The van der Waals surface area contributed by atoms with Crippen LogP contribution in [0.3, 0.4) is 0 Å². The Bertz CT molecular complexity index is 745. The van der Waals surface area contributed by atoms with Gasteiger partial charge in [0, 0.05) is 51.2 Å². The van der Waals surface area contributed by atoms with Crippen molar-refractivity contribution in [3.63, 3.8) is 0 Å². The fourth-order valence-corrected chi connectivity index (χ4v) is 2.79. The molecule has 1 aliphatic heterocycles. The van der Waals surface area contributed by atoms with Crippen LogP contribution in [0, 0.1) is 10.1 Å². The van der Waals surface area contributed by atoms with Crippen LogP contribution in [0.2, 0.25) is 0 Å². The first-order chi connectivity index (χ1) is 12.1. The molecule has 0 bridgehead atoms. The second-order valence-electron chi connectivity index (χ2n) is 5.82. The summed E-state index contributed by atoms with van der Waals surface area (Å²) in [4.78, 5) is 30.9. The Hall–Kier alpha value is -3.00. The molecule has 0 unspecified atom stereocenters. The van der Waals surface area contributed by atoms with Gasteiger partial charge in [0.05, 0.1) is 4.92 Å². The number of nitro benzene ring substituents is 1. The summed E-state index contributed by atoms with van der Waals surface area (Å²) in [6, 6.07) is 9.80. The number of urea groups is 1. The number of anilines is 1. The predicted molar refractivity (Wildman–Crippen MR) is 93.2 cm³/mol. The molecule has 2 amide bonds. The molecule has 0 spiro atoms. The van der Waals surface area contributed by atoms with Gasteiger partial charge in [0.25, 0.3) is 5.69 Å². The van der Waals surface area contributed by atoms with Crippen LogP contribution >= 0.6 is 0 Å². The molecule has 1 N–H and O–H groups in total. The van der Waals surface area contributed by atoms with E-state index in [-0.39, 0.29) is 17.4 Å². The molecule has 2 heterocycles. The third-order valence-electron chi connectivity index (χ3n) is 4.16. The highest BCUT2D eigenvalue weighted by molar-refractivity contribution is 5.91. The molecule has 8 nitrogen and oxygen atoms in total. The Kier molecular flexibility index (Phi) is 5.20. The number of carbonyl (C=O) groups excluding carboxylic acids is 1. The second-order valence-corrected chi connectivity index (χ2v) is 5.82. The van der Waals surface area contributed by atoms with Gasteiger partial charge in [-0.3, -0.25) is 20.0 Å². The smallest absolute Gasteiger partial charge is 0.322 e. The van der Waals surface area contributed by atoms with E-state index in [0.717, 1.165) is 19.6 Å². The van der Waals surface area contributed by atoms with Gasteiger partial charge in [0.15, 0.2) is 0 Å². The van der Waals surface area contributed by atoms with Crippen molar-refractivity contribution in [2.75, 3.05) is 31.5 Å². The van der Waals surface area contributed by atoms with Crippen molar-refractivity contribution in [2.45, 2.75) is 6.54 Å². The van der Waals surface area contributed by atoms with E-state index < -0.39 is 4.92 Å². The number of benzene rings is 1. The van der Waals surface area contributed by atoms with Gasteiger partial charge < -0.3 is 10.2 Å². The first-order valence-corrected chi connectivity index (χ1v) is 8.04. The van der Waals surface area contributed by atoms with E-state index in [0.29, 0.717) is 13.1 Å². The quantitative estimate of drug-likeness (QED) is 0.681. The third kappa shape index (κ3) is 4.30. The van der Waals surface area contributed by atoms with Gasteiger partial charge in [-0.15, -0.1) is 0 Å². The van der Waals surface area contributed by atoms with Crippen molar-refractivity contribution >= 4 is 17.4 Å². The molecule has 1 aromatic heterocycles. The maximum Gasteiger partial charge on any atom is 0.322 e. The zero-order valence-corrected chi connectivity index (χ0v) is 13.7. The maximum atomic E-state index is 12.4. The van der Waals surface area contributed by atoms with Crippen molar-refractivity contribution in [1.82, 2.24) is 14.8 Å². The summed E-state index contributed by atoms with van der Waals surface area (Å²) in [6.45, 7) is 3.50. The first-order valence-electron chi connectivity index (χ1n) is 8.04. The number of para-hydroxylation sites is 2. The summed E-state index contributed by atoms with van der Waals surface area (Å²) in [5, 5.41) is 13.7. The lowest BCUT2D eigenvalue weighted by atomic mass is 10.2. The van der Waals surface area contributed by atoms with Crippen LogP contribution in [-0.2, 0) is 6.54 Å². The number of hydrogen-bond acceptors (Lipinski definition) is 5. The number of hydrogen-bond donors (Lipinski definition) is 1. The number of nitrogens with one attached hydrogen (secondary N) is 1. The summed E-state index contributed by atoms with van der Waals surface area (Å²) in [5.74, 6) is 0. The van der Waals surface area contributed by atoms with Crippen molar-refractivity contribution in [2.24, 2.45) is 0 Å². The van der Waals surface area contributed by atoms with Crippen molar-refractivity contribution in [1.29, 1.82) is 0 Å². The number of nitrogens with zero attached hydrogens (tertiary/aromatic N) is 4. The van der Waals surface area contributed by atoms with E-state index >= 15 is 0 Å². The molecular formula is C17H19N5O3. The molecule has 0 saturated carbocycles. The minimum Gasteiger partial charge on any atom is -0.322 e. The van der Waals surface area contributed by atoms with Gasteiger partial charge in [0.1, 0.15) is 5.69 Å². The molecule has 3 rings (SSSR count). The lowest BCUT2D eigenvalue weighted by Crippen LogP contribution is -2.49. The molecule has 1 aliphatic rings. The van der Waals surface area contributed by atoms with E-state index in [9.17, 15) is 14.9 Å². The van der Waals surface area contributed by atoms with Crippen LogP contribution in [0.1, 0.15) is 5.56 Å². The SMILES string of the molecule is O=C(Nc1ccccc1[N+](=O)[O-])N1CCN(Cc2ccncc2)CC1. The first kappa shape index (κ1) is 16.8. The fourth-order valence-electron chi connectivity index (χ4n) is 2.79. The molecule has 1 aromatic carbocycles. The lowest BCUT2D eigenvalue weighted by Gasteiger charge is -2.34. The normalized spacial score (nSPS) is 15.0. The Morgan fingerprint density at radius 3 is 2.48 bits per heavy atom. The van der Waals surface area contributed by atoms with Crippen LogP contribution in [0.5, 0.6) is 0 Å². The monoisotopic (exact) mass is 341 g/mol. The Balaban J connectivity index is 1.54. The van der Waals surface area contributed by atoms with E-state index in [2.05, 4.69) is 15.2 Å². The van der Waals surface area contributed by atoms with Gasteiger partial charge in [0.2, 0.25) is 0 Å². The standard InChI is InChI=1S/C17H19N5O3/c23-17(19-15-3-1-2-4-16(15)22(24)25)21-11-9-20(10-12-21)13-14-5-7-18-8-6-14/h1-8H,9-13H2,(H,19,23). The number of amides is 2. The topological polar surface area (TPSA) is 91.6 Å². The summed E-state index contributed by atoms with van der Waals surface area (Å²) < 4.78 is 0. The summed E-state index contributed by atoms with van der Waals surface area (Å²) in [5.41, 5.74) is 1.30. The van der Waals surface area contributed by atoms with Gasteiger partial charge in [-0.25, -0.2) is 4.79 Å². The molecule has 25 heavy (non-hydrogen) atoms. The zero-order chi connectivity index (χ0) is 17.6. The van der Waals surface area contributed by atoms with Gasteiger partial charge in [-0.1, -0.05) is 12.1 Å². The van der Waals surface area contributed by atoms with Crippen LogP contribution < -0.4 is 5.32 Å². The number of nitro groups is 1. The van der Waals surface area contributed by atoms with Crippen LogP contribution in [-0.4, -0.2) is 51.9 Å². The van der Waals surface area contributed by atoms with Crippen molar-refractivity contribution < 1.29 is 9.72 Å². The van der Waals surface area contributed by atoms with Gasteiger partial charge in [-0.05, 0) is 23.8 Å². The van der Waals surface area contributed by atoms with Gasteiger partial charge >= 0.3 is 6.03 Å². The number of pyridine rings is 1. The summed E-state index contributed by atoms with van der Waals surface area (Å²) >= 11 is 0. The molecule has 2 aromatic rings. The number of carbonyl (C=O) groups is 1. The number of aromatic nitrogens is 1. The fraction of sp³-hybridized carbons (Fsp3) is 0.294. The average molecular weight is 341 g/mol. The Morgan fingerprint density at radius 1 is 1.12 bits per heavy atom.